The van der Waals surface area contributed by atoms with E-state index in [0.29, 0.717) is 6.04 Å². The molecular weight excluding hydrogens is 314 g/mol. The molecule has 1 aromatic heterocycles. The Labute approximate surface area is 146 Å². The van der Waals surface area contributed by atoms with Crippen molar-refractivity contribution in [3.05, 3.63) is 64.2 Å². The maximum atomic E-state index is 9.10. The SMILES string of the molecule is CC(c1ccc2scnc2c1)N1CCc2ccc(C#N)cc2CC1. The van der Waals surface area contributed by atoms with Crippen LogP contribution in [0.25, 0.3) is 10.2 Å². The zero-order chi connectivity index (χ0) is 16.5. The lowest BCUT2D eigenvalue weighted by atomic mass is 10.0. The second-order valence-electron chi connectivity index (χ2n) is 6.39. The average molecular weight is 333 g/mol. The molecule has 0 bridgehead atoms. The van der Waals surface area contributed by atoms with Crippen molar-refractivity contribution in [2.75, 3.05) is 13.1 Å². The van der Waals surface area contributed by atoms with Gasteiger partial charge in [0.05, 0.1) is 27.4 Å². The van der Waals surface area contributed by atoms with Crippen molar-refractivity contribution in [1.29, 1.82) is 5.26 Å². The van der Waals surface area contributed by atoms with Gasteiger partial charge in [0.15, 0.2) is 0 Å². The predicted octanol–water partition coefficient (Wildman–Crippen LogP) is 4.33. The van der Waals surface area contributed by atoms with Gasteiger partial charge in [0.2, 0.25) is 0 Å². The summed E-state index contributed by atoms with van der Waals surface area (Å²) in [5.41, 5.74) is 7.83. The van der Waals surface area contributed by atoms with E-state index in [2.05, 4.69) is 53.2 Å². The number of thiazole rings is 1. The van der Waals surface area contributed by atoms with Crippen LogP contribution in [0.15, 0.2) is 41.9 Å². The van der Waals surface area contributed by atoms with Crippen molar-refractivity contribution in [3.8, 4) is 6.07 Å². The lowest BCUT2D eigenvalue weighted by Crippen LogP contribution is -2.29. The highest BCUT2D eigenvalue weighted by Gasteiger charge is 2.20. The molecule has 0 saturated heterocycles. The van der Waals surface area contributed by atoms with E-state index in [1.165, 1.54) is 21.4 Å². The van der Waals surface area contributed by atoms with Gasteiger partial charge >= 0.3 is 0 Å². The largest absolute Gasteiger partial charge is 0.296 e. The second-order valence-corrected chi connectivity index (χ2v) is 7.27. The van der Waals surface area contributed by atoms with Crippen molar-refractivity contribution < 1.29 is 0 Å². The third-order valence-electron chi connectivity index (χ3n) is 5.06. The highest BCUT2D eigenvalue weighted by atomic mass is 32.1. The maximum absolute atomic E-state index is 9.10. The van der Waals surface area contributed by atoms with E-state index in [9.17, 15) is 0 Å². The first-order chi connectivity index (χ1) is 11.7. The summed E-state index contributed by atoms with van der Waals surface area (Å²) in [5.74, 6) is 0. The van der Waals surface area contributed by atoms with Crippen LogP contribution in [0, 0.1) is 11.3 Å². The van der Waals surface area contributed by atoms with E-state index >= 15 is 0 Å². The Bertz CT molecular complexity index is 922. The molecule has 0 amide bonds. The number of nitriles is 1. The Kier molecular flexibility index (Phi) is 4.05. The highest BCUT2D eigenvalue weighted by Crippen LogP contribution is 2.28. The van der Waals surface area contributed by atoms with Gasteiger partial charge in [0.25, 0.3) is 0 Å². The van der Waals surface area contributed by atoms with Gasteiger partial charge in [-0.1, -0.05) is 12.1 Å². The van der Waals surface area contributed by atoms with Gasteiger partial charge in [-0.15, -0.1) is 11.3 Å². The van der Waals surface area contributed by atoms with Crippen LogP contribution >= 0.6 is 11.3 Å². The number of hydrogen-bond donors (Lipinski definition) is 0. The molecule has 3 nitrogen and oxygen atoms in total. The highest BCUT2D eigenvalue weighted by molar-refractivity contribution is 7.16. The predicted molar refractivity (Wildman–Crippen MR) is 98.2 cm³/mol. The number of nitrogens with zero attached hydrogens (tertiary/aromatic N) is 3. The van der Waals surface area contributed by atoms with Gasteiger partial charge < -0.3 is 0 Å². The van der Waals surface area contributed by atoms with Crippen LogP contribution in [0.1, 0.15) is 35.2 Å². The molecule has 0 aliphatic carbocycles. The minimum Gasteiger partial charge on any atom is -0.296 e. The molecule has 4 heteroatoms. The van der Waals surface area contributed by atoms with E-state index in [0.717, 1.165) is 37.0 Å². The zero-order valence-electron chi connectivity index (χ0n) is 13.7. The van der Waals surface area contributed by atoms with Crippen molar-refractivity contribution in [2.24, 2.45) is 0 Å². The van der Waals surface area contributed by atoms with E-state index in [1.807, 2.05) is 11.6 Å². The van der Waals surface area contributed by atoms with E-state index < -0.39 is 0 Å². The lowest BCUT2D eigenvalue weighted by molar-refractivity contribution is 0.221. The van der Waals surface area contributed by atoms with Gasteiger partial charge in [0, 0.05) is 19.1 Å². The minimum absolute atomic E-state index is 0.376. The normalized spacial score (nSPS) is 16.3. The zero-order valence-corrected chi connectivity index (χ0v) is 14.5. The van der Waals surface area contributed by atoms with E-state index in [4.69, 9.17) is 5.26 Å². The molecule has 0 N–H and O–H groups in total. The van der Waals surface area contributed by atoms with Gasteiger partial charge in [-0.3, -0.25) is 4.90 Å². The molecule has 24 heavy (non-hydrogen) atoms. The first kappa shape index (κ1) is 15.3. The van der Waals surface area contributed by atoms with Crippen LogP contribution in [0.4, 0.5) is 0 Å². The van der Waals surface area contributed by atoms with E-state index in [-0.39, 0.29) is 0 Å². The van der Waals surface area contributed by atoms with Crippen LogP contribution in [-0.4, -0.2) is 23.0 Å². The molecule has 0 radical (unpaired) electrons. The Balaban J connectivity index is 1.56. The monoisotopic (exact) mass is 333 g/mol. The van der Waals surface area contributed by atoms with Crippen LogP contribution in [0.2, 0.25) is 0 Å². The molecule has 0 spiro atoms. The summed E-state index contributed by atoms with van der Waals surface area (Å²) in [6.07, 6.45) is 2.05. The van der Waals surface area contributed by atoms with Crippen LogP contribution in [-0.2, 0) is 12.8 Å². The summed E-state index contributed by atoms with van der Waals surface area (Å²) in [7, 11) is 0. The molecule has 1 atom stereocenters. The summed E-state index contributed by atoms with van der Waals surface area (Å²) in [5, 5.41) is 9.10. The summed E-state index contributed by atoms with van der Waals surface area (Å²) in [4.78, 5) is 6.99. The molecule has 3 aromatic rings. The van der Waals surface area contributed by atoms with Crippen LogP contribution in [0.3, 0.4) is 0 Å². The summed E-state index contributed by atoms with van der Waals surface area (Å²) >= 11 is 1.69. The third-order valence-corrected chi connectivity index (χ3v) is 5.87. The molecule has 1 unspecified atom stereocenters. The molecule has 0 fully saturated rings. The van der Waals surface area contributed by atoms with Crippen molar-refractivity contribution in [2.45, 2.75) is 25.8 Å². The fraction of sp³-hybridized carbons (Fsp3) is 0.300. The first-order valence-corrected chi connectivity index (χ1v) is 9.21. The Morgan fingerprint density at radius 3 is 2.79 bits per heavy atom. The number of fused-ring (bicyclic) bond motifs is 2. The van der Waals surface area contributed by atoms with Crippen LogP contribution in [0.5, 0.6) is 0 Å². The quantitative estimate of drug-likeness (QED) is 0.701. The molecule has 0 saturated carbocycles. The molecule has 1 aliphatic heterocycles. The minimum atomic E-state index is 0.376. The van der Waals surface area contributed by atoms with Gasteiger partial charge in [-0.2, -0.15) is 5.26 Å². The Morgan fingerprint density at radius 2 is 1.96 bits per heavy atom. The summed E-state index contributed by atoms with van der Waals surface area (Å²) in [6.45, 7) is 4.36. The van der Waals surface area contributed by atoms with Gasteiger partial charge in [0.1, 0.15) is 0 Å². The molecular formula is C20H19N3S. The molecule has 1 aliphatic rings. The number of hydrogen-bond acceptors (Lipinski definition) is 4. The first-order valence-electron chi connectivity index (χ1n) is 8.34. The average Bonchev–Trinajstić information content (AvgIpc) is 2.99. The second kappa shape index (κ2) is 6.35. The molecule has 2 heterocycles. The lowest BCUT2D eigenvalue weighted by Gasteiger charge is -2.28. The summed E-state index contributed by atoms with van der Waals surface area (Å²) in [6, 6.07) is 15.4. The van der Waals surface area contributed by atoms with Crippen molar-refractivity contribution in [3.63, 3.8) is 0 Å². The fourth-order valence-corrected chi connectivity index (χ4v) is 4.20. The smallest absolute Gasteiger partial charge is 0.0991 e. The third kappa shape index (κ3) is 2.82. The molecule has 2 aromatic carbocycles. The molecule has 120 valence electrons. The summed E-state index contributed by atoms with van der Waals surface area (Å²) < 4.78 is 1.25. The van der Waals surface area contributed by atoms with Crippen molar-refractivity contribution in [1.82, 2.24) is 9.88 Å². The topological polar surface area (TPSA) is 39.9 Å². The molecule has 4 rings (SSSR count). The van der Waals surface area contributed by atoms with Crippen molar-refractivity contribution >= 4 is 21.6 Å². The number of benzene rings is 2. The fourth-order valence-electron chi connectivity index (χ4n) is 3.54. The standard InChI is InChI=1S/C20H19N3S/c1-14(17-4-5-20-19(11-17)22-13-24-20)23-8-6-16-3-2-15(12-21)10-18(16)7-9-23/h2-5,10-11,13-14H,6-9H2,1H3. The maximum Gasteiger partial charge on any atom is 0.0991 e. The Hall–Kier alpha value is -2.22. The van der Waals surface area contributed by atoms with Gasteiger partial charge in [-0.05, 0) is 60.7 Å². The van der Waals surface area contributed by atoms with Gasteiger partial charge in [-0.25, -0.2) is 4.98 Å². The van der Waals surface area contributed by atoms with Crippen LogP contribution < -0.4 is 0 Å². The number of rotatable bonds is 2. The Morgan fingerprint density at radius 1 is 1.12 bits per heavy atom. The van der Waals surface area contributed by atoms with E-state index in [1.54, 1.807) is 11.3 Å². The number of aromatic nitrogens is 1.